The summed E-state index contributed by atoms with van der Waals surface area (Å²) in [6, 6.07) is 13.7. The Morgan fingerprint density at radius 2 is 1.92 bits per heavy atom. The number of para-hydroxylation sites is 1. The van der Waals surface area contributed by atoms with Crippen LogP contribution in [0.1, 0.15) is 58.6 Å². The van der Waals surface area contributed by atoms with Crippen molar-refractivity contribution in [2.45, 2.75) is 32.3 Å². The molecule has 1 N–H and O–H groups in total. The highest BCUT2D eigenvalue weighted by molar-refractivity contribution is 6.37. The molecule has 2 aromatic carbocycles. The molecule has 1 aliphatic carbocycles. The highest BCUT2D eigenvalue weighted by Gasteiger charge is 2.30. The van der Waals surface area contributed by atoms with Crippen molar-refractivity contribution < 1.29 is 19.4 Å². The van der Waals surface area contributed by atoms with Crippen LogP contribution in [-0.2, 0) is 6.61 Å². The molecule has 3 heterocycles. The van der Waals surface area contributed by atoms with Gasteiger partial charge in [-0.05, 0) is 67.7 Å². The van der Waals surface area contributed by atoms with Gasteiger partial charge in [0.2, 0.25) is 5.88 Å². The minimum atomic E-state index is -1.01. The van der Waals surface area contributed by atoms with Gasteiger partial charge < -0.3 is 14.6 Å². The average molecular weight is 534 g/mol. The van der Waals surface area contributed by atoms with Gasteiger partial charge in [-0.3, -0.25) is 0 Å². The first-order valence-corrected chi connectivity index (χ1v) is 12.5. The number of hydrogen-bond acceptors (Lipinski definition) is 5. The molecule has 2 aliphatic rings. The molecule has 0 radical (unpaired) electrons. The molecule has 0 spiro atoms. The number of nitrogens with zero attached hydrogens (tertiary/aromatic N) is 3. The number of fused-ring (bicyclic) bond motifs is 2. The van der Waals surface area contributed by atoms with Gasteiger partial charge >= 0.3 is 5.97 Å². The van der Waals surface area contributed by atoms with E-state index in [-0.39, 0.29) is 12.2 Å². The summed E-state index contributed by atoms with van der Waals surface area (Å²) < 4.78 is 14.0. The molecule has 186 valence electrons. The third-order valence-corrected chi connectivity index (χ3v) is 7.09. The van der Waals surface area contributed by atoms with E-state index in [1.165, 1.54) is 6.07 Å². The predicted molar refractivity (Wildman–Crippen MR) is 141 cm³/mol. The third-order valence-electron chi connectivity index (χ3n) is 6.48. The fraction of sp³-hybridized carbons (Fsp3) is 0.179. The van der Waals surface area contributed by atoms with Crippen molar-refractivity contribution in [1.82, 2.24) is 14.8 Å². The number of ether oxygens (including phenoxy) is 2. The number of hydrogen-bond donors (Lipinski definition) is 1. The van der Waals surface area contributed by atoms with Crippen LogP contribution >= 0.6 is 23.2 Å². The van der Waals surface area contributed by atoms with E-state index in [4.69, 9.17) is 37.7 Å². The first-order chi connectivity index (χ1) is 17.9. The van der Waals surface area contributed by atoms with Gasteiger partial charge in [0.1, 0.15) is 23.7 Å². The van der Waals surface area contributed by atoms with Crippen LogP contribution in [0.25, 0.3) is 17.3 Å². The predicted octanol–water partition coefficient (Wildman–Crippen LogP) is 7.39. The molecule has 0 atom stereocenters. The molecule has 0 amide bonds. The van der Waals surface area contributed by atoms with Crippen LogP contribution in [0, 0.1) is 0 Å². The average Bonchev–Trinajstić information content (AvgIpc) is 3.65. The van der Waals surface area contributed by atoms with Crippen LogP contribution < -0.4 is 9.47 Å². The van der Waals surface area contributed by atoms with Crippen LogP contribution in [-0.4, -0.2) is 25.8 Å². The number of rotatable bonds is 6. The summed E-state index contributed by atoms with van der Waals surface area (Å²) in [5.74, 6) is 0.840. The Morgan fingerprint density at radius 3 is 2.65 bits per heavy atom. The van der Waals surface area contributed by atoms with Crippen molar-refractivity contribution in [3.8, 4) is 23.1 Å². The summed E-state index contributed by atoms with van der Waals surface area (Å²) in [6.45, 7) is 2.16. The SMILES string of the molecule is CC1=Cc2ccc(C(=O)O)cc2Oc2ccc(OCc3c(C4CC4)cnn3-c3c(Cl)cccc3Cl)nc21. The van der Waals surface area contributed by atoms with Crippen molar-refractivity contribution >= 4 is 40.8 Å². The number of pyridine rings is 1. The summed E-state index contributed by atoms with van der Waals surface area (Å²) in [7, 11) is 0. The van der Waals surface area contributed by atoms with Gasteiger partial charge in [0.15, 0.2) is 5.75 Å². The number of halogens is 2. The summed E-state index contributed by atoms with van der Waals surface area (Å²) in [5.41, 5.74) is 5.04. The van der Waals surface area contributed by atoms with Crippen LogP contribution in [0.15, 0.2) is 54.7 Å². The molecular weight excluding hydrogens is 513 g/mol. The Labute approximate surface area is 222 Å². The lowest BCUT2D eigenvalue weighted by molar-refractivity contribution is 0.0696. The zero-order chi connectivity index (χ0) is 25.7. The molecule has 7 nitrogen and oxygen atoms in total. The van der Waals surface area contributed by atoms with Gasteiger partial charge in [-0.1, -0.05) is 35.3 Å². The van der Waals surface area contributed by atoms with Gasteiger partial charge in [-0.25, -0.2) is 14.5 Å². The molecule has 37 heavy (non-hydrogen) atoms. The van der Waals surface area contributed by atoms with E-state index in [9.17, 15) is 9.90 Å². The van der Waals surface area contributed by atoms with E-state index in [1.807, 2.05) is 19.2 Å². The molecule has 9 heteroatoms. The van der Waals surface area contributed by atoms with Crippen molar-refractivity contribution in [2.75, 3.05) is 0 Å². The van der Waals surface area contributed by atoms with Gasteiger partial charge in [0, 0.05) is 17.2 Å². The topological polar surface area (TPSA) is 86.5 Å². The largest absolute Gasteiger partial charge is 0.478 e. The van der Waals surface area contributed by atoms with E-state index in [0.29, 0.717) is 44.7 Å². The molecule has 2 aromatic heterocycles. The highest BCUT2D eigenvalue weighted by atomic mass is 35.5. The molecule has 4 aromatic rings. The number of aromatic carboxylic acids is 1. The zero-order valence-corrected chi connectivity index (χ0v) is 21.3. The van der Waals surface area contributed by atoms with E-state index in [2.05, 4.69) is 5.10 Å². The second kappa shape index (κ2) is 9.25. The Kier molecular flexibility index (Phi) is 5.89. The summed E-state index contributed by atoms with van der Waals surface area (Å²) in [6.07, 6.45) is 6.00. The molecule has 1 fully saturated rings. The lowest BCUT2D eigenvalue weighted by atomic mass is 10.1. The number of aromatic nitrogens is 3. The summed E-state index contributed by atoms with van der Waals surface area (Å²) >= 11 is 13.0. The van der Waals surface area contributed by atoms with E-state index in [1.54, 1.807) is 47.1 Å². The molecule has 6 rings (SSSR count). The molecule has 0 saturated heterocycles. The fourth-order valence-electron chi connectivity index (χ4n) is 4.46. The monoisotopic (exact) mass is 533 g/mol. The first-order valence-electron chi connectivity index (χ1n) is 11.8. The summed E-state index contributed by atoms with van der Waals surface area (Å²) in [5, 5.41) is 14.9. The van der Waals surface area contributed by atoms with Gasteiger partial charge in [-0.15, -0.1) is 0 Å². The quantitative estimate of drug-likeness (QED) is 0.278. The standard InChI is InChI=1S/C28H21Cl2N3O4/c1-15-11-17-7-8-18(28(34)35)12-24(17)37-23-9-10-25(32-26(15)23)36-14-22-19(16-5-6-16)13-31-33(22)27-20(29)3-2-4-21(27)30/h2-4,7-13,16H,5-6,14H2,1H3,(H,34,35). The van der Waals surface area contributed by atoms with Crippen molar-refractivity contribution in [2.24, 2.45) is 0 Å². The zero-order valence-electron chi connectivity index (χ0n) is 19.7. The fourth-order valence-corrected chi connectivity index (χ4v) is 5.02. The van der Waals surface area contributed by atoms with E-state index in [0.717, 1.165) is 35.2 Å². The molecule has 0 bridgehead atoms. The van der Waals surface area contributed by atoms with Crippen LogP contribution in [0.2, 0.25) is 10.0 Å². The molecule has 1 aliphatic heterocycles. The Bertz CT molecular complexity index is 1570. The third kappa shape index (κ3) is 4.45. The number of carboxylic acid groups (broad SMARTS) is 1. The van der Waals surface area contributed by atoms with Gasteiger partial charge in [0.05, 0.1) is 27.5 Å². The number of benzene rings is 2. The maximum absolute atomic E-state index is 11.4. The second-order valence-corrected chi connectivity index (χ2v) is 9.89. The first kappa shape index (κ1) is 23.6. The number of allylic oxidation sites excluding steroid dienone is 1. The second-order valence-electron chi connectivity index (χ2n) is 9.08. The van der Waals surface area contributed by atoms with Gasteiger partial charge in [0.25, 0.3) is 0 Å². The number of carbonyl (C=O) groups is 1. The van der Waals surface area contributed by atoms with Crippen molar-refractivity contribution in [3.05, 3.63) is 92.9 Å². The summed E-state index contributed by atoms with van der Waals surface area (Å²) in [4.78, 5) is 16.1. The minimum Gasteiger partial charge on any atom is -0.478 e. The smallest absolute Gasteiger partial charge is 0.335 e. The lowest BCUT2D eigenvalue weighted by Crippen LogP contribution is -2.09. The van der Waals surface area contributed by atoms with Crippen molar-refractivity contribution in [1.29, 1.82) is 0 Å². The molecule has 0 unspecified atom stereocenters. The molecule has 1 saturated carbocycles. The van der Waals surface area contributed by atoms with Crippen LogP contribution in [0.3, 0.4) is 0 Å². The lowest BCUT2D eigenvalue weighted by Gasteiger charge is -2.14. The maximum Gasteiger partial charge on any atom is 0.335 e. The van der Waals surface area contributed by atoms with Crippen LogP contribution in [0.4, 0.5) is 0 Å². The normalized spacial score (nSPS) is 14.2. The molecular formula is C28H21Cl2N3O4. The van der Waals surface area contributed by atoms with Crippen molar-refractivity contribution in [3.63, 3.8) is 0 Å². The Balaban J connectivity index is 1.31. The van der Waals surface area contributed by atoms with Crippen LogP contribution in [0.5, 0.6) is 17.4 Å². The number of carboxylic acids is 1. The maximum atomic E-state index is 11.4. The van der Waals surface area contributed by atoms with E-state index >= 15 is 0 Å². The Hall–Kier alpha value is -3.81. The van der Waals surface area contributed by atoms with E-state index < -0.39 is 5.97 Å². The Morgan fingerprint density at radius 1 is 1.14 bits per heavy atom. The minimum absolute atomic E-state index is 0.155. The van der Waals surface area contributed by atoms with Gasteiger partial charge in [-0.2, -0.15) is 5.10 Å². The highest BCUT2D eigenvalue weighted by Crippen LogP contribution is 2.43.